The fourth-order valence-corrected chi connectivity index (χ4v) is 1.64. The topological polar surface area (TPSA) is 37.5 Å². The summed E-state index contributed by atoms with van der Waals surface area (Å²) in [4.78, 5) is 4.35. The zero-order chi connectivity index (χ0) is 9.97. The molecule has 0 fully saturated rings. The third-order valence-electron chi connectivity index (χ3n) is 2.42. The van der Waals surface area contributed by atoms with Gasteiger partial charge in [0.1, 0.15) is 5.82 Å². The van der Waals surface area contributed by atoms with Gasteiger partial charge in [0.2, 0.25) is 0 Å². The zero-order valence-corrected chi connectivity index (χ0v) is 8.27. The van der Waals surface area contributed by atoms with Crippen molar-refractivity contribution in [3.05, 3.63) is 35.9 Å². The van der Waals surface area contributed by atoms with Crippen LogP contribution in [0.15, 0.2) is 24.5 Å². The van der Waals surface area contributed by atoms with Crippen LogP contribution in [0.3, 0.4) is 0 Å². The molecule has 0 unspecified atom stereocenters. The minimum atomic E-state index is 0.223. The number of rotatable bonds is 3. The highest BCUT2D eigenvalue weighted by atomic mass is 16.2. The van der Waals surface area contributed by atoms with Gasteiger partial charge in [-0.05, 0) is 25.0 Å². The van der Waals surface area contributed by atoms with Crippen molar-refractivity contribution in [3.63, 3.8) is 0 Å². The van der Waals surface area contributed by atoms with E-state index in [-0.39, 0.29) is 6.61 Å². The van der Waals surface area contributed by atoms with Crippen molar-refractivity contribution in [2.45, 2.75) is 19.8 Å². The van der Waals surface area contributed by atoms with E-state index in [1.54, 1.807) is 0 Å². The molecule has 2 aromatic rings. The average molecular weight is 190 g/mol. The summed E-state index contributed by atoms with van der Waals surface area (Å²) in [6, 6.07) is 4.10. The predicted molar refractivity (Wildman–Crippen MR) is 55.3 cm³/mol. The summed E-state index contributed by atoms with van der Waals surface area (Å²) in [6.45, 7) is 2.30. The Labute approximate surface area is 83.0 Å². The van der Waals surface area contributed by atoms with E-state index in [0.29, 0.717) is 0 Å². The summed E-state index contributed by atoms with van der Waals surface area (Å²) in [7, 11) is 0. The molecule has 0 saturated heterocycles. The van der Waals surface area contributed by atoms with Crippen molar-refractivity contribution < 1.29 is 5.11 Å². The Bertz CT molecular complexity index is 434. The van der Waals surface area contributed by atoms with Gasteiger partial charge >= 0.3 is 0 Å². The summed E-state index contributed by atoms with van der Waals surface area (Å²) in [5.41, 5.74) is 2.38. The summed E-state index contributed by atoms with van der Waals surface area (Å²) in [5, 5.41) is 8.75. The standard InChI is InChI=1S/C11H14N2O/c1-9-4-2-6-13-10(9)8-12-11(13)5-3-7-14/h2,4,6,8,14H,3,5,7H2,1H3. The molecule has 1 N–H and O–H groups in total. The molecule has 0 aliphatic carbocycles. The van der Waals surface area contributed by atoms with Gasteiger partial charge in [-0.3, -0.25) is 0 Å². The minimum absolute atomic E-state index is 0.223. The van der Waals surface area contributed by atoms with Crippen LogP contribution in [0.4, 0.5) is 0 Å². The molecule has 2 aromatic heterocycles. The maximum atomic E-state index is 8.75. The van der Waals surface area contributed by atoms with E-state index < -0.39 is 0 Å². The van der Waals surface area contributed by atoms with Gasteiger partial charge in [0.25, 0.3) is 0 Å². The van der Waals surface area contributed by atoms with Gasteiger partial charge in [-0.25, -0.2) is 4.98 Å². The number of nitrogens with zero attached hydrogens (tertiary/aromatic N) is 2. The highest BCUT2D eigenvalue weighted by molar-refractivity contribution is 5.53. The zero-order valence-electron chi connectivity index (χ0n) is 8.27. The molecular weight excluding hydrogens is 176 g/mol. The highest BCUT2D eigenvalue weighted by Gasteiger charge is 2.03. The van der Waals surface area contributed by atoms with Gasteiger partial charge in [-0.15, -0.1) is 0 Å². The first-order valence-electron chi connectivity index (χ1n) is 4.85. The number of aliphatic hydroxyl groups is 1. The van der Waals surface area contributed by atoms with Crippen LogP contribution in [0.2, 0.25) is 0 Å². The number of pyridine rings is 1. The molecule has 3 nitrogen and oxygen atoms in total. The molecule has 14 heavy (non-hydrogen) atoms. The highest BCUT2D eigenvalue weighted by Crippen LogP contribution is 2.12. The number of hydrogen-bond acceptors (Lipinski definition) is 2. The lowest BCUT2D eigenvalue weighted by molar-refractivity contribution is 0.287. The van der Waals surface area contributed by atoms with Gasteiger partial charge in [-0.1, -0.05) is 6.07 Å². The van der Waals surface area contributed by atoms with Crippen molar-refractivity contribution in [2.75, 3.05) is 6.61 Å². The van der Waals surface area contributed by atoms with Crippen molar-refractivity contribution in [1.29, 1.82) is 0 Å². The van der Waals surface area contributed by atoms with Crippen LogP contribution in [-0.2, 0) is 6.42 Å². The van der Waals surface area contributed by atoms with Crippen LogP contribution in [0.1, 0.15) is 17.8 Å². The SMILES string of the molecule is Cc1cccn2c(CCCO)ncc12. The predicted octanol–water partition coefficient (Wildman–Crippen LogP) is 1.57. The van der Waals surface area contributed by atoms with Gasteiger partial charge in [0.05, 0.1) is 11.7 Å². The lowest BCUT2D eigenvalue weighted by Crippen LogP contribution is -1.97. The Morgan fingerprint density at radius 2 is 2.36 bits per heavy atom. The number of aliphatic hydroxyl groups excluding tert-OH is 1. The molecule has 0 radical (unpaired) electrons. The van der Waals surface area contributed by atoms with E-state index in [4.69, 9.17) is 5.11 Å². The molecule has 0 bridgehead atoms. The Hall–Kier alpha value is -1.35. The van der Waals surface area contributed by atoms with Crippen molar-refractivity contribution in [2.24, 2.45) is 0 Å². The number of aryl methyl sites for hydroxylation is 2. The summed E-state index contributed by atoms with van der Waals surface area (Å²) in [6.07, 6.45) is 5.51. The molecule has 74 valence electrons. The molecule has 0 aromatic carbocycles. The van der Waals surface area contributed by atoms with Crippen LogP contribution < -0.4 is 0 Å². The summed E-state index contributed by atoms with van der Waals surface area (Å²) >= 11 is 0. The fraction of sp³-hybridized carbons (Fsp3) is 0.364. The number of hydrogen-bond donors (Lipinski definition) is 1. The summed E-state index contributed by atoms with van der Waals surface area (Å²) < 4.78 is 2.09. The van der Waals surface area contributed by atoms with E-state index >= 15 is 0 Å². The molecule has 0 aliphatic rings. The van der Waals surface area contributed by atoms with E-state index in [1.165, 1.54) is 5.56 Å². The maximum Gasteiger partial charge on any atom is 0.113 e. The van der Waals surface area contributed by atoms with Gasteiger partial charge < -0.3 is 9.51 Å². The van der Waals surface area contributed by atoms with Gasteiger partial charge in [-0.2, -0.15) is 0 Å². The molecule has 0 aliphatic heterocycles. The van der Waals surface area contributed by atoms with Crippen molar-refractivity contribution >= 4 is 5.52 Å². The Balaban J connectivity index is 2.42. The number of aromatic nitrogens is 2. The van der Waals surface area contributed by atoms with Gasteiger partial charge in [0.15, 0.2) is 0 Å². The summed E-state index contributed by atoms with van der Waals surface area (Å²) in [5.74, 6) is 1.03. The first kappa shape index (κ1) is 9.21. The second-order valence-electron chi connectivity index (χ2n) is 3.45. The van der Waals surface area contributed by atoms with E-state index in [2.05, 4.69) is 22.4 Å². The molecule has 2 heterocycles. The van der Waals surface area contributed by atoms with Crippen molar-refractivity contribution in [1.82, 2.24) is 9.38 Å². The Kier molecular flexibility index (Phi) is 2.50. The smallest absolute Gasteiger partial charge is 0.113 e. The van der Waals surface area contributed by atoms with E-state index in [9.17, 15) is 0 Å². The first-order valence-corrected chi connectivity index (χ1v) is 4.85. The van der Waals surface area contributed by atoms with Crippen LogP contribution in [-0.4, -0.2) is 21.1 Å². The average Bonchev–Trinajstić information content (AvgIpc) is 2.60. The van der Waals surface area contributed by atoms with Crippen LogP contribution in [0.5, 0.6) is 0 Å². The van der Waals surface area contributed by atoms with E-state index in [0.717, 1.165) is 24.2 Å². The molecular formula is C11H14N2O. The van der Waals surface area contributed by atoms with Crippen LogP contribution in [0.25, 0.3) is 5.52 Å². The molecule has 0 amide bonds. The van der Waals surface area contributed by atoms with Gasteiger partial charge in [0, 0.05) is 19.2 Å². The Morgan fingerprint density at radius 1 is 1.50 bits per heavy atom. The van der Waals surface area contributed by atoms with Crippen LogP contribution >= 0.6 is 0 Å². The quantitative estimate of drug-likeness (QED) is 0.797. The Morgan fingerprint density at radius 3 is 3.14 bits per heavy atom. The maximum absolute atomic E-state index is 8.75. The lowest BCUT2D eigenvalue weighted by Gasteiger charge is -2.01. The lowest BCUT2D eigenvalue weighted by atomic mass is 10.2. The second-order valence-corrected chi connectivity index (χ2v) is 3.45. The number of fused-ring (bicyclic) bond motifs is 1. The second kappa shape index (κ2) is 3.80. The normalized spacial score (nSPS) is 11.0. The van der Waals surface area contributed by atoms with E-state index in [1.807, 2.05) is 18.5 Å². The van der Waals surface area contributed by atoms with Crippen LogP contribution in [0, 0.1) is 6.92 Å². The molecule has 3 heteroatoms. The third-order valence-corrected chi connectivity index (χ3v) is 2.42. The molecule has 0 saturated carbocycles. The first-order chi connectivity index (χ1) is 6.83. The largest absolute Gasteiger partial charge is 0.396 e. The van der Waals surface area contributed by atoms with Crippen molar-refractivity contribution in [3.8, 4) is 0 Å². The molecule has 0 atom stereocenters. The third kappa shape index (κ3) is 1.51. The fourth-order valence-electron chi connectivity index (χ4n) is 1.64. The molecule has 2 rings (SSSR count). The molecule has 0 spiro atoms. The number of imidazole rings is 1. The minimum Gasteiger partial charge on any atom is -0.396 e. The monoisotopic (exact) mass is 190 g/mol.